The van der Waals surface area contributed by atoms with Gasteiger partial charge in [0.1, 0.15) is 0 Å². The number of anilines is 2. The van der Waals surface area contributed by atoms with E-state index >= 15 is 0 Å². The zero-order chi connectivity index (χ0) is 13.7. The lowest BCUT2D eigenvalue weighted by Crippen LogP contribution is -2.38. The molecule has 0 bridgehead atoms. The van der Waals surface area contributed by atoms with Gasteiger partial charge in [-0.2, -0.15) is 4.98 Å². The van der Waals surface area contributed by atoms with E-state index in [4.69, 9.17) is 17.3 Å². The summed E-state index contributed by atoms with van der Waals surface area (Å²) in [6.45, 7) is 6.94. The summed E-state index contributed by atoms with van der Waals surface area (Å²) in [6, 6.07) is 0. The number of amides is 1. The van der Waals surface area contributed by atoms with Crippen molar-refractivity contribution >= 4 is 29.0 Å². The third kappa shape index (κ3) is 3.46. The molecule has 0 fully saturated rings. The lowest BCUT2D eigenvalue weighted by atomic mass is 10.3. The fourth-order valence-electron chi connectivity index (χ4n) is 1.54. The van der Waals surface area contributed by atoms with Gasteiger partial charge in [0.15, 0.2) is 5.82 Å². The Morgan fingerprint density at radius 2 is 2.11 bits per heavy atom. The van der Waals surface area contributed by atoms with Crippen molar-refractivity contribution in [2.75, 3.05) is 30.3 Å². The first-order valence-electron chi connectivity index (χ1n) is 5.80. The van der Waals surface area contributed by atoms with Crippen LogP contribution < -0.4 is 16.0 Å². The van der Waals surface area contributed by atoms with Crippen molar-refractivity contribution < 1.29 is 4.79 Å². The molecular weight excluding hydrogens is 254 g/mol. The highest BCUT2D eigenvalue weighted by Gasteiger charge is 2.16. The molecule has 0 saturated heterocycles. The number of rotatable bonds is 5. The maximum atomic E-state index is 11.6. The number of nitrogens with zero attached hydrogens (tertiary/aromatic N) is 3. The van der Waals surface area contributed by atoms with Crippen molar-refractivity contribution in [3.63, 3.8) is 0 Å². The van der Waals surface area contributed by atoms with Gasteiger partial charge in [-0.3, -0.25) is 4.79 Å². The predicted molar refractivity (Wildman–Crippen MR) is 72.8 cm³/mol. The van der Waals surface area contributed by atoms with E-state index in [-0.39, 0.29) is 17.7 Å². The van der Waals surface area contributed by atoms with E-state index in [9.17, 15) is 4.79 Å². The van der Waals surface area contributed by atoms with Crippen LogP contribution in [0.2, 0.25) is 5.28 Å². The first kappa shape index (κ1) is 14.5. The predicted octanol–water partition coefficient (Wildman–Crippen LogP) is 0.983. The van der Waals surface area contributed by atoms with Gasteiger partial charge in [-0.05, 0) is 32.4 Å². The Bertz CT molecular complexity index is 438. The van der Waals surface area contributed by atoms with Crippen molar-refractivity contribution in [2.24, 2.45) is 0 Å². The highest BCUT2D eigenvalue weighted by molar-refractivity contribution is 6.28. The number of nitrogens with one attached hydrogen (secondary N) is 1. The number of nitrogens with two attached hydrogens (primary N) is 1. The first-order valence-corrected chi connectivity index (χ1v) is 6.18. The minimum absolute atomic E-state index is 0.0777. The molecule has 1 amide bonds. The van der Waals surface area contributed by atoms with Crippen molar-refractivity contribution in [2.45, 2.75) is 20.8 Å². The Morgan fingerprint density at radius 1 is 1.44 bits per heavy atom. The van der Waals surface area contributed by atoms with Crippen LogP contribution in [0.5, 0.6) is 0 Å². The number of aromatic nitrogens is 2. The summed E-state index contributed by atoms with van der Waals surface area (Å²) in [5.74, 6) is 0.424. The summed E-state index contributed by atoms with van der Waals surface area (Å²) < 4.78 is 0. The minimum atomic E-state index is -0.0777. The maximum absolute atomic E-state index is 11.6. The fourth-order valence-corrected chi connectivity index (χ4v) is 1.74. The second-order valence-corrected chi connectivity index (χ2v) is 4.12. The molecule has 1 rings (SSSR count). The molecule has 7 heteroatoms. The Morgan fingerprint density at radius 3 is 2.67 bits per heavy atom. The molecule has 0 aliphatic carbocycles. The molecule has 0 saturated carbocycles. The van der Waals surface area contributed by atoms with Crippen molar-refractivity contribution in [3.05, 3.63) is 11.0 Å². The second-order valence-electron chi connectivity index (χ2n) is 3.78. The molecule has 0 aliphatic heterocycles. The molecule has 6 nitrogen and oxygen atoms in total. The molecule has 1 heterocycles. The Hall–Kier alpha value is -1.56. The summed E-state index contributed by atoms with van der Waals surface area (Å²) in [4.78, 5) is 21.4. The SMILES string of the molecule is CCNC(=O)CN(CC)c1nc(Cl)nc(C)c1N. The number of halogens is 1. The fraction of sp³-hybridized carbons (Fsp3) is 0.545. The number of carbonyl (C=O) groups excluding carboxylic acids is 1. The summed E-state index contributed by atoms with van der Waals surface area (Å²) in [7, 11) is 0. The Kier molecular flexibility index (Phi) is 5.15. The molecule has 0 unspecified atom stereocenters. The van der Waals surface area contributed by atoms with Gasteiger partial charge < -0.3 is 16.0 Å². The number of carbonyl (C=O) groups is 1. The highest BCUT2D eigenvalue weighted by Crippen LogP contribution is 2.24. The zero-order valence-corrected chi connectivity index (χ0v) is 11.6. The van der Waals surface area contributed by atoms with Crippen molar-refractivity contribution in [1.82, 2.24) is 15.3 Å². The van der Waals surface area contributed by atoms with E-state index in [1.54, 1.807) is 11.8 Å². The van der Waals surface area contributed by atoms with Gasteiger partial charge in [0.25, 0.3) is 0 Å². The van der Waals surface area contributed by atoms with Gasteiger partial charge in [0.2, 0.25) is 11.2 Å². The van der Waals surface area contributed by atoms with Crippen LogP contribution in [0.1, 0.15) is 19.5 Å². The summed E-state index contributed by atoms with van der Waals surface area (Å²) >= 11 is 5.82. The molecular formula is C11H18ClN5O. The van der Waals surface area contributed by atoms with Crippen molar-refractivity contribution in [1.29, 1.82) is 0 Å². The van der Waals surface area contributed by atoms with Crippen LogP contribution in [0.3, 0.4) is 0 Å². The molecule has 100 valence electrons. The number of hydrogen-bond acceptors (Lipinski definition) is 5. The van der Waals surface area contributed by atoms with E-state index in [1.807, 2.05) is 13.8 Å². The average Bonchev–Trinajstić information content (AvgIpc) is 2.31. The summed E-state index contributed by atoms with van der Waals surface area (Å²) in [6.07, 6.45) is 0. The molecule has 0 spiro atoms. The van der Waals surface area contributed by atoms with Crippen LogP contribution in [-0.4, -0.2) is 35.5 Å². The molecule has 0 aliphatic rings. The smallest absolute Gasteiger partial charge is 0.239 e. The van der Waals surface area contributed by atoms with Crippen LogP contribution in [0.4, 0.5) is 11.5 Å². The van der Waals surface area contributed by atoms with Gasteiger partial charge in [-0.15, -0.1) is 0 Å². The largest absolute Gasteiger partial charge is 0.394 e. The number of hydrogen-bond donors (Lipinski definition) is 2. The van der Waals surface area contributed by atoms with Crippen LogP contribution in [0.25, 0.3) is 0 Å². The van der Waals surface area contributed by atoms with Crippen molar-refractivity contribution in [3.8, 4) is 0 Å². The number of nitrogen functional groups attached to an aromatic ring is 1. The molecule has 3 N–H and O–H groups in total. The van der Waals surface area contributed by atoms with Gasteiger partial charge in [0.05, 0.1) is 17.9 Å². The molecule has 0 atom stereocenters. The molecule has 0 radical (unpaired) electrons. The highest BCUT2D eigenvalue weighted by atomic mass is 35.5. The summed E-state index contributed by atoms with van der Waals surface area (Å²) in [5, 5.41) is 2.86. The minimum Gasteiger partial charge on any atom is -0.394 e. The van der Waals surface area contributed by atoms with Crippen LogP contribution in [0.15, 0.2) is 0 Å². The maximum Gasteiger partial charge on any atom is 0.239 e. The Labute approximate surface area is 112 Å². The topological polar surface area (TPSA) is 84.1 Å². The van der Waals surface area contributed by atoms with E-state index in [0.29, 0.717) is 30.3 Å². The van der Waals surface area contributed by atoms with E-state index in [2.05, 4.69) is 15.3 Å². The normalized spacial score (nSPS) is 10.2. The van der Waals surface area contributed by atoms with E-state index in [1.165, 1.54) is 0 Å². The van der Waals surface area contributed by atoms with Crippen LogP contribution in [0, 0.1) is 6.92 Å². The zero-order valence-electron chi connectivity index (χ0n) is 10.8. The molecule has 18 heavy (non-hydrogen) atoms. The lowest BCUT2D eigenvalue weighted by Gasteiger charge is -2.23. The van der Waals surface area contributed by atoms with Crippen LogP contribution >= 0.6 is 11.6 Å². The van der Waals surface area contributed by atoms with Gasteiger partial charge in [0, 0.05) is 13.1 Å². The average molecular weight is 272 g/mol. The van der Waals surface area contributed by atoms with Gasteiger partial charge in [-0.1, -0.05) is 0 Å². The summed E-state index contributed by atoms with van der Waals surface area (Å²) in [5.41, 5.74) is 6.98. The monoisotopic (exact) mass is 271 g/mol. The third-order valence-corrected chi connectivity index (χ3v) is 2.65. The van der Waals surface area contributed by atoms with Gasteiger partial charge in [-0.25, -0.2) is 4.98 Å². The Balaban J connectivity index is 2.98. The lowest BCUT2D eigenvalue weighted by molar-refractivity contribution is -0.119. The number of likely N-dealkylation sites (N-methyl/N-ethyl adjacent to an activating group) is 2. The first-order chi connectivity index (χ1) is 8.49. The molecule has 1 aromatic heterocycles. The quantitative estimate of drug-likeness (QED) is 0.780. The molecule has 0 aromatic carbocycles. The van der Waals surface area contributed by atoms with Gasteiger partial charge >= 0.3 is 0 Å². The van der Waals surface area contributed by atoms with E-state index in [0.717, 1.165) is 0 Å². The standard InChI is InChI=1S/C11H18ClN5O/c1-4-14-8(18)6-17(5-2)10-9(13)7(3)15-11(12)16-10/h4-6,13H2,1-3H3,(H,14,18). The third-order valence-electron chi connectivity index (χ3n) is 2.48. The van der Waals surface area contributed by atoms with E-state index < -0.39 is 0 Å². The van der Waals surface area contributed by atoms with Crippen LogP contribution in [-0.2, 0) is 4.79 Å². The molecule has 1 aromatic rings. The number of aryl methyl sites for hydroxylation is 1. The second kappa shape index (κ2) is 6.39.